The highest BCUT2D eigenvalue weighted by Gasteiger charge is 2.14. The second kappa shape index (κ2) is 6.33. The first-order valence-corrected chi connectivity index (χ1v) is 6.69. The fourth-order valence-electron chi connectivity index (χ4n) is 1.75. The summed E-state index contributed by atoms with van der Waals surface area (Å²) in [4.78, 5) is 7.92. The zero-order chi connectivity index (χ0) is 14.7. The third kappa shape index (κ3) is 3.16. The fourth-order valence-corrected chi connectivity index (χ4v) is 2.22. The number of halogens is 4. The lowest BCUT2D eigenvalue weighted by molar-refractivity contribution is 0.586. The summed E-state index contributed by atoms with van der Waals surface area (Å²) >= 11 is 11.8. The molecule has 0 unspecified atom stereocenters. The first kappa shape index (κ1) is 14.9. The van der Waals surface area contributed by atoms with Gasteiger partial charge >= 0.3 is 0 Å². The number of nitrogens with one attached hydrogen (secondary N) is 1. The van der Waals surface area contributed by atoms with Crippen LogP contribution in [-0.2, 0) is 6.42 Å². The quantitative estimate of drug-likeness (QED) is 0.826. The molecule has 1 N–H and O–H groups in total. The molecule has 20 heavy (non-hydrogen) atoms. The van der Waals surface area contributed by atoms with Crippen LogP contribution in [0.3, 0.4) is 0 Å². The Morgan fingerprint density at radius 2 is 1.95 bits per heavy atom. The van der Waals surface area contributed by atoms with Gasteiger partial charge < -0.3 is 5.32 Å². The van der Waals surface area contributed by atoms with Crippen LogP contribution in [0.25, 0.3) is 0 Å². The highest BCUT2D eigenvalue weighted by atomic mass is 35.5. The highest BCUT2D eigenvalue weighted by molar-refractivity contribution is 6.33. The monoisotopic (exact) mass is 317 g/mol. The maximum absolute atomic E-state index is 13.8. The Bertz CT molecular complexity index is 612. The molecule has 106 valence electrons. The van der Waals surface area contributed by atoms with Crippen LogP contribution in [0.2, 0.25) is 10.2 Å². The molecule has 0 bridgehead atoms. The molecule has 0 aliphatic carbocycles. The Morgan fingerprint density at radius 3 is 2.60 bits per heavy atom. The van der Waals surface area contributed by atoms with Gasteiger partial charge in [0.15, 0.2) is 5.82 Å². The number of aromatic nitrogens is 2. The molecule has 0 saturated heterocycles. The van der Waals surface area contributed by atoms with Crippen molar-refractivity contribution in [3.8, 4) is 0 Å². The number of rotatable bonds is 4. The lowest BCUT2D eigenvalue weighted by atomic mass is 10.2. The first-order valence-electron chi connectivity index (χ1n) is 5.93. The molecule has 0 saturated carbocycles. The lowest BCUT2D eigenvalue weighted by Gasteiger charge is -2.13. The van der Waals surface area contributed by atoms with Crippen LogP contribution in [-0.4, -0.2) is 9.97 Å². The maximum atomic E-state index is 13.8. The molecule has 0 amide bonds. The molecule has 0 aliphatic rings. The molecule has 2 rings (SSSR count). The number of nitrogens with zero attached hydrogens (tertiary/aromatic N) is 2. The van der Waals surface area contributed by atoms with Gasteiger partial charge in [-0.3, -0.25) is 0 Å². The van der Waals surface area contributed by atoms with E-state index >= 15 is 0 Å². The normalized spacial score (nSPS) is 10.7. The standard InChI is InChI=1S/C13H11Cl2F2N3/c1-2-3-8-12(15)18-6-19-13(8)20-11-9(14)4-7(16)5-10(11)17/h4-6H,2-3H2,1H3,(H,18,19,20). The average molecular weight is 318 g/mol. The minimum absolute atomic E-state index is 0.0415. The van der Waals surface area contributed by atoms with Gasteiger partial charge in [0.05, 0.1) is 10.7 Å². The molecule has 2 aromatic rings. The third-order valence-corrected chi connectivity index (χ3v) is 3.27. The van der Waals surface area contributed by atoms with Crippen molar-refractivity contribution in [2.45, 2.75) is 19.8 Å². The summed E-state index contributed by atoms with van der Waals surface area (Å²) < 4.78 is 26.8. The first-order chi connectivity index (χ1) is 9.52. The van der Waals surface area contributed by atoms with Gasteiger partial charge in [0, 0.05) is 11.6 Å². The van der Waals surface area contributed by atoms with Gasteiger partial charge in [0.1, 0.15) is 23.1 Å². The number of hydrogen-bond donors (Lipinski definition) is 1. The third-order valence-electron chi connectivity index (χ3n) is 2.64. The molecular weight excluding hydrogens is 307 g/mol. The molecule has 3 nitrogen and oxygen atoms in total. The minimum Gasteiger partial charge on any atom is -0.336 e. The number of hydrogen-bond acceptors (Lipinski definition) is 3. The van der Waals surface area contributed by atoms with E-state index in [1.807, 2.05) is 6.92 Å². The fraction of sp³-hybridized carbons (Fsp3) is 0.231. The van der Waals surface area contributed by atoms with Crippen LogP contribution < -0.4 is 5.32 Å². The zero-order valence-electron chi connectivity index (χ0n) is 10.6. The summed E-state index contributed by atoms with van der Waals surface area (Å²) in [6.45, 7) is 1.97. The summed E-state index contributed by atoms with van der Waals surface area (Å²) in [5, 5.41) is 2.98. The van der Waals surface area contributed by atoms with Gasteiger partial charge in [-0.25, -0.2) is 18.7 Å². The van der Waals surface area contributed by atoms with E-state index in [-0.39, 0.29) is 10.7 Å². The summed E-state index contributed by atoms with van der Waals surface area (Å²) in [7, 11) is 0. The van der Waals surface area contributed by atoms with Crippen LogP contribution in [0.4, 0.5) is 20.3 Å². The second-order valence-electron chi connectivity index (χ2n) is 4.11. The van der Waals surface area contributed by atoms with Gasteiger partial charge in [-0.2, -0.15) is 0 Å². The maximum Gasteiger partial charge on any atom is 0.151 e. The van der Waals surface area contributed by atoms with Gasteiger partial charge in [-0.05, 0) is 12.5 Å². The predicted molar refractivity (Wildman–Crippen MR) is 75.7 cm³/mol. The van der Waals surface area contributed by atoms with E-state index in [1.54, 1.807) is 0 Å². The van der Waals surface area contributed by atoms with Crippen LogP contribution >= 0.6 is 23.2 Å². The van der Waals surface area contributed by atoms with Gasteiger partial charge in [-0.1, -0.05) is 36.5 Å². The SMILES string of the molecule is CCCc1c(Cl)ncnc1Nc1c(F)cc(F)cc1Cl. The van der Waals surface area contributed by atoms with Crippen molar-refractivity contribution in [1.82, 2.24) is 9.97 Å². The molecule has 0 fully saturated rings. The largest absolute Gasteiger partial charge is 0.336 e. The molecule has 0 spiro atoms. The van der Waals surface area contributed by atoms with Crippen LogP contribution in [0.1, 0.15) is 18.9 Å². The number of benzene rings is 1. The van der Waals surface area contributed by atoms with Crippen molar-refractivity contribution in [2.24, 2.45) is 0 Å². The Hall–Kier alpha value is -1.46. The summed E-state index contributed by atoms with van der Waals surface area (Å²) in [5.74, 6) is -1.18. The van der Waals surface area contributed by atoms with Crippen molar-refractivity contribution in [3.63, 3.8) is 0 Å². The topological polar surface area (TPSA) is 37.8 Å². The van der Waals surface area contributed by atoms with E-state index in [2.05, 4.69) is 15.3 Å². The molecule has 1 aromatic heterocycles. The van der Waals surface area contributed by atoms with Crippen molar-refractivity contribution < 1.29 is 8.78 Å². The van der Waals surface area contributed by atoms with Crippen LogP contribution in [0, 0.1) is 11.6 Å². The van der Waals surface area contributed by atoms with Gasteiger partial charge in [-0.15, -0.1) is 0 Å². The zero-order valence-corrected chi connectivity index (χ0v) is 12.1. The predicted octanol–water partition coefficient (Wildman–Crippen LogP) is 4.76. The Balaban J connectivity index is 2.43. The van der Waals surface area contributed by atoms with Crippen LogP contribution in [0.5, 0.6) is 0 Å². The van der Waals surface area contributed by atoms with E-state index in [1.165, 1.54) is 6.33 Å². The molecule has 0 atom stereocenters. The van der Waals surface area contributed by atoms with Crippen LogP contribution in [0.15, 0.2) is 18.5 Å². The molecular formula is C13H11Cl2F2N3. The summed E-state index contributed by atoms with van der Waals surface area (Å²) in [6, 6.07) is 1.77. The van der Waals surface area contributed by atoms with Crippen molar-refractivity contribution in [1.29, 1.82) is 0 Å². The summed E-state index contributed by atoms with van der Waals surface area (Å²) in [6.07, 6.45) is 2.71. The van der Waals surface area contributed by atoms with Gasteiger partial charge in [0.2, 0.25) is 0 Å². The second-order valence-corrected chi connectivity index (χ2v) is 4.88. The molecule has 1 aromatic carbocycles. The smallest absolute Gasteiger partial charge is 0.151 e. The average Bonchev–Trinajstić information content (AvgIpc) is 2.37. The molecule has 0 radical (unpaired) electrons. The molecule has 7 heteroatoms. The van der Waals surface area contributed by atoms with E-state index in [9.17, 15) is 8.78 Å². The van der Waals surface area contributed by atoms with Crippen molar-refractivity contribution in [2.75, 3.05) is 5.32 Å². The van der Waals surface area contributed by atoms with E-state index in [0.29, 0.717) is 23.0 Å². The van der Waals surface area contributed by atoms with Crippen molar-refractivity contribution in [3.05, 3.63) is 45.8 Å². The van der Waals surface area contributed by atoms with Crippen molar-refractivity contribution >= 4 is 34.7 Å². The van der Waals surface area contributed by atoms with E-state index in [4.69, 9.17) is 23.2 Å². The Morgan fingerprint density at radius 1 is 1.20 bits per heavy atom. The Kier molecular flexibility index (Phi) is 4.73. The highest BCUT2D eigenvalue weighted by Crippen LogP contribution is 2.31. The lowest BCUT2D eigenvalue weighted by Crippen LogP contribution is -2.03. The number of anilines is 2. The summed E-state index contributed by atoms with van der Waals surface area (Å²) in [5.41, 5.74) is 0.622. The Labute approximate surface area is 125 Å². The minimum atomic E-state index is -0.799. The van der Waals surface area contributed by atoms with E-state index < -0.39 is 11.6 Å². The molecule has 1 heterocycles. The van der Waals surface area contributed by atoms with E-state index in [0.717, 1.165) is 18.6 Å². The van der Waals surface area contributed by atoms with Gasteiger partial charge in [0.25, 0.3) is 0 Å². The molecule has 0 aliphatic heterocycles.